The molecule has 0 spiro atoms. The molecule has 2 rings (SSSR count). The number of aryl methyl sites for hydroxylation is 1. The molecule has 2 nitrogen and oxygen atoms in total. The third-order valence-corrected chi connectivity index (χ3v) is 4.59. The lowest BCUT2D eigenvalue weighted by Crippen LogP contribution is -2.36. The van der Waals surface area contributed by atoms with Gasteiger partial charge in [0.2, 0.25) is 0 Å². The van der Waals surface area contributed by atoms with Crippen molar-refractivity contribution in [2.45, 2.75) is 58.6 Å². The summed E-state index contributed by atoms with van der Waals surface area (Å²) >= 11 is 0. The van der Waals surface area contributed by atoms with E-state index in [1.807, 2.05) is 6.07 Å². The Morgan fingerprint density at radius 1 is 1.35 bits per heavy atom. The van der Waals surface area contributed by atoms with Crippen molar-refractivity contribution < 1.29 is 9.50 Å². The SMILES string of the molecule is Cc1cc(N(C)C2CCCC(C)C2)c([C@@H](C)O)cc1F. The van der Waals surface area contributed by atoms with E-state index in [0.717, 1.165) is 11.6 Å². The summed E-state index contributed by atoms with van der Waals surface area (Å²) in [6, 6.07) is 3.84. The molecule has 0 aliphatic heterocycles. The average Bonchev–Trinajstić information content (AvgIpc) is 2.40. The van der Waals surface area contributed by atoms with Crippen molar-refractivity contribution in [2.24, 2.45) is 5.92 Å². The van der Waals surface area contributed by atoms with Crippen molar-refractivity contribution in [1.29, 1.82) is 0 Å². The third kappa shape index (κ3) is 3.14. The van der Waals surface area contributed by atoms with Gasteiger partial charge in [-0.1, -0.05) is 19.8 Å². The van der Waals surface area contributed by atoms with Crippen molar-refractivity contribution >= 4 is 5.69 Å². The quantitative estimate of drug-likeness (QED) is 0.896. The van der Waals surface area contributed by atoms with Crippen molar-refractivity contribution in [2.75, 3.05) is 11.9 Å². The second-order valence-corrected chi connectivity index (χ2v) is 6.37. The van der Waals surface area contributed by atoms with Gasteiger partial charge >= 0.3 is 0 Å². The number of hydrogen-bond donors (Lipinski definition) is 1. The molecule has 1 fully saturated rings. The number of hydrogen-bond acceptors (Lipinski definition) is 2. The van der Waals surface area contributed by atoms with E-state index < -0.39 is 6.10 Å². The number of benzene rings is 1. The van der Waals surface area contributed by atoms with Crippen LogP contribution in [0.5, 0.6) is 0 Å². The molecule has 0 radical (unpaired) electrons. The Bertz CT molecular complexity index is 472. The molecule has 0 saturated heterocycles. The van der Waals surface area contributed by atoms with Crippen LogP contribution in [0.1, 0.15) is 56.8 Å². The van der Waals surface area contributed by atoms with Crippen molar-refractivity contribution in [1.82, 2.24) is 0 Å². The summed E-state index contributed by atoms with van der Waals surface area (Å²) in [5.74, 6) is 0.503. The van der Waals surface area contributed by atoms with Gasteiger partial charge < -0.3 is 10.0 Å². The summed E-state index contributed by atoms with van der Waals surface area (Å²) in [6.07, 6.45) is 4.25. The van der Waals surface area contributed by atoms with E-state index in [4.69, 9.17) is 0 Å². The van der Waals surface area contributed by atoms with Crippen LogP contribution in [0.4, 0.5) is 10.1 Å². The molecule has 0 bridgehead atoms. The second kappa shape index (κ2) is 6.13. The van der Waals surface area contributed by atoms with E-state index in [1.165, 1.54) is 31.7 Å². The molecular formula is C17H26FNO. The van der Waals surface area contributed by atoms with E-state index in [0.29, 0.717) is 17.2 Å². The van der Waals surface area contributed by atoms with Crippen molar-refractivity contribution in [3.63, 3.8) is 0 Å². The number of aliphatic hydroxyl groups excluding tert-OH is 1. The molecule has 1 saturated carbocycles. The van der Waals surface area contributed by atoms with Gasteiger partial charge in [-0.3, -0.25) is 0 Å². The van der Waals surface area contributed by atoms with Gasteiger partial charge in [0.1, 0.15) is 5.82 Å². The van der Waals surface area contributed by atoms with Crippen LogP contribution in [0.3, 0.4) is 0 Å². The first kappa shape index (κ1) is 15.3. The maximum Gasteiger partial charge on any atom is 0.126 e. The van der Waals surface area contributed by atoms with Gasteiger partial charge in [-0.2, -0.15) is 0 Å². The molecule has 0 heterocycles. The fourth-order valence-corrected chi connectivity index (χ4v) is 3.27. The Morgan fingerprint density at radius 3 is 2.65 bits per heavy atom. The topological polar surface area (TPSA) is 23.5 Å². The predicted octanol–water partition coefficient (Wildman–Crippen LogP) is 4.20. The maximum atomic E-state index is 13.8. The van der Waals surface area contributed by atoms with Gasteiger partial charge in [0, 0.05) is 24.3 Å². The Balaban J connectivity index is 2.32. The summed E-state index contributed by atoms with van der Waals surface area (Å²) < 4.78 is 13.8. The highest BCUT2D eigenvalue weighted by atomic mass is 19.1. The van der Waals surface area contributed by atoms with Crippen LogP contribution < -0.4 is 4.90 Å². The standard InChI is InChI=1S/C17H26FNO/c1-11-6-5-7-14(8-11)19(4)17-9-12(2)16(18)10-15(17)13(3)20/h9-11,13-14,20H,5-8H2,1-4H3/t11?,13-,14?/m1/s1. The maximum absolute atomic E-state index is 13.8. The predicted molar refractivity (Wildman–Crippen MR) is 81.6 cm³/mol. The number of anilines is 1. The summed E-state index contributed by atoms with van der Waals surface area (Å²) in [7, 11) is 2.07. The Hall–Kier alpha value is -1.09. The summed E-state index contributed by atoms with van der Waals surface area (Å²) in [4.78, 5) is 2.24. The molecule has 1 aromatic rings. The zero-order chi connectivity index (χ0) is 14.9. The van der Waals surface area contributed by atoms with Gasteiger partial charge in [-0.05, 0) is 50.3 Å². The molecule has 3 atom stereocenters. The first-order valence-corrected chi connectivity index (χ1v) is 7.61. The number of rotatable bonds is 3. The summed E-state index contributed by atoms with van der Waals surface area (Å²) in [6.45, 7) is 5.78. The van der Waals surface area contributed by atoms with Crippen molar-refractivity contribution in [3.05, 3.63) is 29.1 Å². The van der Waals surface area contributed by atoms with Crippen LogP contribution >= 0.6 is 0 Å². The van der Waals surface area contributed by atoms with E-state index >= 15 is 0 Å². The number of halogens is 1. The van der Waals surface area contributed by atoms with Gasteiger partial charge in [-0.25, -0.2) is 4.39 Å². The Morgan fingerprint density at radius 2 is 2.05 bits per heavy atom. The molecule has 1 aliphatic rings. The normalized spacial score (nSPS) is 24.5. The molecule has 0 aromatic heterocycles. The van der Waals surface area contributed by atoms with Gasteiger partial charge in [0.15, 0.2) is 0 Å². The summed E-state index contributed by atoms with van der Waals surface area (Å²) in [5, 5.41) is 9.93. The molecule has 2 unspecified atom stereocenters. The minimum absolute atomic E-state index is 0.241. The molecule has 3 heteroatoms. The van der Waals surface area contributed by atoms with Crippen LogP contribution in [0.15, 0.2) is 12.1 Å². The first-order chi connectivity index (χ1) is 9.40. The highest BCUT2D eigenvalue weighted by Gasteiger charge is 2.25. The van der Waals surface area contributed by atoms with Crippen LogP contribution in [-0.2, 0) is 0 Å². The lowest BCUT2D eigenvalue weighted by molar-refractivity contribution is 0.199. The molecule has 112 valence electrons. The Labute approximate surface area is 121 Å². The first-order valence-electron chi connectivity index (χ1n) is 7.61. The second-order valence-electron chi connectivity index (χ2n) is 6.37. The van der Waals surface area contributed by atoms with E-state index in [9.17, 15) is 9.50 Å². The highest BCUT2D eigenvalue weighted by Crippen LogP contribution is 2.34. The van der Waals surface area contributed by atoms with Crippen molar-refractivity contribution in [3.8, 4) is 0 Å². The fraction of sp³-hybridized carbons (Fsp3) is 0.647. The minimum Gasteiger partial charge on any atom is -0.389 e. The molecule has 20 heavy (non-hydrogen) atoms. The number of aliphatic hydroxyl groups is 1. The van der Waals surface area contributed by atoms with E-state index in [-0.39, 0.29) is 5.82 Å². The van der Waals surface area contributed by atoms with Gasteiger partial charge in [-0.15, -0.1) is 0 Å². The zero-order valence-electron chi connectivity index (χ0n) is 13.0. The molecule has 1 aromatic carbocycles. The fourth-order valence-electron chi connectivity index (χ4n) is 3.27. The van der Waals surface area contributed by atoms with Gasteiger partial charge in [0.25, 0.3) is 0 Å². The summed E-state index contributed by atoms with van der Waals surface area (Å²) in [5.41, 5.74) is 2.30. The smallest absolute Gasteiger partial charge is 0.126 e. The molecule has 1 aliphatic carbocycles. The largest absolute Gasteiger partial charge is 0.389 e. The average molecular weight is 279 g/mol. The Kier molecular flexibility index (Phi) is 4.69. The number of nitrogens with zero attached hydrogens (tertiary/aromatic N) is 1. The monoisotopic (exact) mass is 279 g/mol. The van der Waals surface area contributed by atoms with Crippen LogP contribution in [0.2, 0.25) is 0 Å². The van der Waals surface area contributed by atoms with Crippen LogP contribution in [0.25, 0.3) is 0 Å². The third-order valence-electron chi connectivity index (χ3n) is 4.59. The van der Waals surface area contributed by atoms with Crippen LogP contribution in [0, 0.1) is 18.7 Å². The zero-order valence-corrected chi connectivity index (χ0v) is 13.0. The molecular weight excluding hydrogens is 253 g/mol. The molecule has 0 amide bonds. The minimum atomic E-state index is -0.649. The van der Waals surface area contributed by atoms with E-state index in [1.54, 1.807) is 13.8 Å². The lowest BCUT2D eigenvalue weighted by atomic mass is 9.86. The van der Waals surface area contributed by atoms with E-state index in [2.05, 4.69) is 18.9 Å². The lowest BCUT2D eigenvalue weighted by Gasteiger charge is -2.37. The molecule has 1 N–H and O–H groups in total. The van der Waals surface area contributed by atoms with Crippen LogP contribution in [-0.4, -0.2) is 18.2 Å². The highest BCUT2D eigenvalue weighted by molar-refractivity contribution is 5.57. The van der Waals surface area contributed by atoms with Gasteiger partial charge in [0.05, 0.1) is 6.10 Å².